The summed E-state index contributed by atoms with van der Waals surface area (Å²) >= 11 is 1.14. The molecule has 2 rings (SSSR count). The number of hydrogen-bond donors (Lipinski definition) is 2. The minimum atomic E-state index is -0.597. The van der Waals surface area contributed by atoms with E-state index in [1.807, 2.05) is 25.1 Å². The number of hydrogen-bond acceptors (Lipinski definition) is 5. The summed E-state index contributed by atoms with van der Waals surface area (Å²) in [6.07, 6.45) is 0. The molecule has 2 aromatic rings. The van der Waals surface area contributed by atoms with Gasteiger partial charge in [0.25, 0.3) is 0 Å². The Bertz CT molecular complexity index is 792. The maximum absolute atomic E-state index is 11.8. The molecule has 7 heteroatoms. The van der Waals surface area contributed by atoms with Crippen molar-refractivity contribution in [2.45, 2.75) is 6.92 Å². The first-order valence-electron chi connectivity index (χ1n) is 7.49. The third kappa shape index (κ3) is 6.31. The van der Waals surface area contributed by atoms with E-state index in [1.54, 1.807) is 18.2 Å². The first kappa shape index (κ1) is 18.5. The van der Waals surface area contributed by atoms with Crippen LogP contribution in [0.3, 0.4) is 0 Å². The molecular weight excluding hydrogens is 340 g/mol. The molecule has 0 radical (unpaired) electrons. The molecule has 0 spiro atoms. The highest BCUT2D eigenvalue weighted by molar-refractivity contribution is 8.00. The molecule has 0 atom stereocenters. The fourth-order valence-electron chi connectivity index (χ4n) is 2.02. The molecule has 0 aromatic heterocycles. The molecule has 0 unspecified atom stereocenters. The Morgan fingerprint density at radius 3 is 2.56 bits per heavy atom. The van der Waals surface area contributed by atoms with E-state index in [4.69, 9.17) is 10.5 Å². The number of thioether (sulfide) groups is 1. The third-order valence-corrected chi connectivity index (χ3v) is 4.01. The van der Waals surface area contributed by atoms with Gasteiger partial charge in [-0.3, -0.25) is 14.4 Å². The predicted molar refractivity (Wildman–Crippen MR) is 97.7 cm³/mol. The quantitative estimate of drug-likeness (QED) is 0.585. The van der Waals surface area contributed by atoms with Crippen molar-refractivity contribution >= 4 is 35.2 Å². The van der Waals surface area contributed by atoms with Crippen LogP contribution in [0, 0.1) is 6.92 Å². The van der Waals surface area contributed by atoms with E-state index in [1.165, 1.54) is 12.1 Å². The maximum atomic E-state index is 11.8. The van der Waals surface area contributed by atoms with Crippen LogP contribution in [0.2, 0.25) is 0 Å². The van der Waals surface area contributed by atoms with Crippen molar-refractivity contribution in [3.05, 3.63) is 59.7 Å². The number of anilines is 1. The van der Waals surface area contributed by atoms with Gasteiger partial charge in [-0.25, -0.2) is 0 Å². The standard InChI is InChI=1S/C18H18N2O4S/c1-12-4-2-6-14(8-12)20-16(21)10-25-11-17(22)24-15-7-3-5-13(9-15)18(19)23/h2-9H,10-11H2,1H3,(H2,19,23)(H,20,21). The van der Waals surface area contributed by atoms with Crippen molar-refractivity contribution < 1.29 is 19.1 Å². The van der Waals surface area contributed by atoms with Crippen molar-refractivity contribution in [3.8, 4) is 5.75 Å². The first-order chi connectivity index (χ1) is 11.9. The van der Waals surface area contributed by atoms with Gasteiger partial charge in [0.15, 0.2) is 0 Å². The van der Waals surface area contributed by atoms with Crippen molar-refractivity contribution in [1.29, 1.82) is 0 Å². The number of amides is 2. The molecule has 3 N–H and O–H groups in total. The van der Waals surface area contributed by atoms with E-state index < -0.39 is 11.9 Å². The van der Waals surface area contributed by atoms with E-state index >= 15 is 0 Å². The SMILES string of the molecule is Cc1cccc(NC(=O)CSCC(=O)Oc2cccc(C(N)=O)c2)c1. The Morgan fingerprint density at radius 1 is 1.08 bits per heavy atom. The van der Waals surface area contributed by atoms with Gasteiger partial charge in [-0.1, -0.05) is 18.2 Å². The monoisotopic (exact) mass is 358 g/mol. The number of carbonyl (C=O) groups is 3. The first-order valence-corrected chi connectivity index (χ1v) is 8.64. The van der Waals surface area contributed by atoms with Gasteiger partial charge in [0.2, 0.25) is 11.8 Å². The Morgan fingerprint density at radius 2 is 1.84 bits per heavy atom. The zero-order valence-corrected chi connectivity index (χ0v) is 14.5. The highest BCUT2D eigenvalue weighted by Crippen LogP contribution is 2.14. The second-order valence-electron chi connectivity index (χ2n) is 5.28. The van der Waals surface area contributed by atoms with E-state index in [-0.39, 0.29) is 28.7 Å². The van der Waals surface area contributed by atoms with Crippen molar-refractivity contribution in [2.75, 3.05) is 16.8 Å². The van der Waals surface area contributed by atoms with Crippen LogP contribution in [0.25, 0.3) is 0 Å². The van der Waals surface area contributed by atoms with Gasteiger partial charge in [0.1, 0.15) is 5.75 Å². The van der Waals surface area contributed by atoms with E-state index in [9.17, 15) is 14.4 Å². The molecule has 0 aliphatic carbocycles. The number of primary amides is 1. The lowest BCUT2D eigenvalue weighted by molar-refractivity contribution is -0.131. The molecule has 0 bridgehead atoms. The van der Waals surface area contributed by atoms with Gasteiger partial charge in [-0.05, 0) is 42.8 Å². The van der Waals surface area contributed by atoms with Crippen molar-refractivity contribution in [2.24, 2.45) is 5.73 Å². The van der Waals surface area contributed by atoms with Gasteiger partial charge < -0.3 is 15.8 Å². The van der Waals surface area contributed by atoms with Gasteiger partial charge >= 0.3 is 5.97 Å². The topological polar surface area (TPSA) is 98.5 Å². The zero-order valence-electron chi connectivity index (χ0n) is 13.7. The highest BCUT2D eigenvalue weighted by Gasteiger charge is 2.09. The summed E-state index contributed by atoms with van der Waals surface area (Å²) in [6.45, 7) is 1.94. The molecule has 2 amide bonds. The summed E-state index contributed by atoms with van der Waals surface area (Å²) in [5.41, 5.74) is 7.20. The minimum absolute atomic E-state index is 0.0159. The van der Waals surface area contributed by atoms with Crippen LogP contribution >= 0.6 is 11.8 Å². The zero-order chi connectivity index (χ0) is 18.2. The van der Waals surface area contributed by atoms with Crippen LogP contribution in [0.1, 0.15) is 15.9 Å². The fourth-order valence-corrected chi connectivity index (χ4v) is 2.61. The normalized spacial score (nSPS) is 10.1. The van der Waals surface area contributed by atoms with Crippen LogP contribution in [0.4, 0.5) is 5.69 Å². The number of esters is 1. The second kappa shape index (κ2) is 8.89. The Hall–Kier alpha value is -2.80. The molecule has 2 aromatic carbocycles. The number of ether oxygens (including phenoxy) is 1. The number of aryl methyl sites for hydroxylation is 1. The number of benzene rings is 2. The van der Waals surface area contributed by atoms with Crippen LogP contribution in [-0.4, -0.2) is 29.3 Å². The van der Waals surface area contributed by atoms with Crippen molar-refractivity contribution in [3.63, 3.8) is 0 Å². The number of nitrogens with one attached hydrogen (secondary N) is 1. The van der Waals surface area contributed by atoms with E-state index in [2.05, 4.69) is 5.32 Å². The molecule has 0 heterocycles. The lowest BCUT2D eigenvalue weighted by Crippen LogP contribution is -2.17. The predicted octanol–water partition coefficient (Wildman–Crippen LogP) is 2.37. The smallest absolute Gasteiger partial charge is 0.321 e. The summed E-state index contributed by atoms with van der Waals surface area (Å²) in [6, 6.07) is 13.5. The summed E-state index contributed by atoms with van der Waals surface area (Å²) < 4.78 is 5.12. The van der Waals surface area contributed by atoms with Crippen LogP contribution in [0.15, 0.2) is 48.5 Å². The van der Waals surface area contributed by atoms with Crippen LogP contribution in [0.5, 0.6) is 5.75 Å². The lowest BCUT2D eigenvalue weighted by atomic mass is 10.2. The molecule has 0 saturated heterocycles. The fraction of sp³-hybridized carbons (Fsp3) is 0.167. The molecule has 0 fully saturated rings. The molecule has 0 aliphatic heterocycles. The van der Waals surface area contributed by atoms with Crippen LogP contribution in [-0.2, 0) is 9.59 Å². The second-order valence-corrected chi connectivity index (χ2v) is 6.26. The van der Waals surface area contributed by atoms with Gasteiger partial charge in [0.05, 0.1) is 11.5 Å². The molecule has 6 nitrogen and oxygen atoms in total. The number of carbonyl (C=O) groups excluding carboxylic acids is 3. The van der Waals surface area contributed by atoms with E-state index in [0.29, 0.717) is 0 Å². The highest BCUT2D eigenvalue weighted by atomic mass is 32.2. The van der Waals surface area contributed by atoms with Gasteiger partial charge in [-0.15, -0.1) is 11.8 Å². The lowest BCUT2D eigenvalue weighted by Gasteiger charge is -2.07. The molecule has 0 saturated carbocycles. The average molecular weight is 358 g/mol. The Labute approximate surface area is 149 Å². The van der Waals surface area contributed by atoms with E-state index in [0.717, 1.165) is 23.0 Å². The summed E-state index contributed by atoms with van der Waals surface area (Å²) in [5, 5.41) is 2.76. The maximum Gasteiger partial charge on any atom is 0.321 e. The summed E-state index contributed by atoms with van der Waals surface area (Å²) in [5.74, 6) is -0.910. The average Bonchev–Trinajstić information content (AvgIpc) is 2.55. The molecule has 130 valence electrons. The Kier molecular flexibility index (Phi) is 6.59. The molecule has 25 heavy (non-hydrogen) atoms. The number of nitrogens with two attached hydrogens (primary N) is 1. The number of rotatable bonds is 7. The Balaban J connectivity index is 1.75. The third-order valence-electron chi connectivity index (χ3n) is 3.11. The summed E-state index contributed by atoms with van der Waals surface area (Å²) in [4.78, 5) is 34.7. The minimum Gasteiger partial charge on any atom is -0.426 e. The van der Waals surface area contributed by atoms with Crippen LogP contribution < -0.4 is 15.8 Å². The summed E-state index contributed by atoms with van der Waals surface area (Å²) in [7, 11) is 0. The largest absolute Gasteiger partial charge is 0.426 e. The van der Waals surface area contributed by atoms with Gasteiger partial charge in [-0.2, -0.15) is 0 Å². The molecular formula is C18H18N2O4S. The van der Waals surface area contributed by atoms with Gasteiger partial charge in [0, 0.05) is 11.3 Å². The van der Waals surface area contributed by atoms with Crippen molar-refractivity contribution in [1.82, 2.24) is 0 Å². The molecule has 0 aliphatic rings.